The molecule has 0 unspecified atom stereocenters. The maximum atomic E-state index is 14.7. The van der Waals surface area contributed by atoms with Gasteiger partial charge in [0.2, 0.25) is 11.8 Å². The summed E-state index contributed by atoms with van der Waals surface area (Å²) in [6, 6.07) is 39.8. The lowest BCUT2D eigenvalue weighted by molar-refractivity contribution is -0.149. The SMILES string of the molecule is CCOC(=O)C=C1CC[C@H](C(=O)N(Cc2ccccc2)Cc2ccccc2)[C@@H](C(=O)N(Cc2ccccc2)Cc2ccccc2)C1. The molecule has 2 amide bonds. The van der Waals surface area contributed by atoms with E-state index in [9.17, 15) is 14.4 Å². The van der Waals surface area contributed by atoms with Crippen LogP contribution in [0.4, 0.5) is 0 Å². The lowest BCUT2D eigenvalue weighted by Crippen LogP contribution is -2.46. The van der Waals surface area contributed by atoms with Gasteiger partial charge in [-0.3, -0.25) is 9.59 Å². The fourth-order valence-electron chi connectivity index (χ4n) is 6.21. The Morgan fingerprint density at radius 1 is 0.609 bits per heavy atom. The molecule has 0 saturated heterocycles. The van der Waals surface area contributed by atoms with Crippen molar-refractivity contribution in [2.75, 3.05) is 6.61 Å². The first-order chi connectivity index (χ1) is 22.5. The monoisotopic (exact) mass is 614 g/mol. The Kier molecular flexibility index (Phi) is 11.5. The van der Waals surface area contributed by atoms with Crippen molar-refractivity contribution in [2.24, 2.45) is 11.8 Å². The van der Waals surface area contributed by atoms with Gasteiger partial charge in [-0.2, -0.15) is 0 Å². The summed E-state index contributed by atoms with van der Waals surface area (Å²) in [7, 11) is 0. The number of carbonyl (C=O) groups is 3. The van der Waals surface area contributed by atoms with Gasteiger partial charge in [0.15, 0.2) is 0 Å². The van der Waals surface area contributed by atoms with E-state index in [4.69, 9.17) is 4.74 Å². The van der Waals surface area contributed by atoms with Crippen molar-refractivity contribution in [2.45, 2.75) is 52.4 Å². The molecule has 1 aliphatic rings. The minimum absolute atomic E-state index is 0.0411. The van der Waals surface area contributed by atoms with Crippen molar-refractivity contribution in [3.63, 3.8) is 0 Å². The number of carbonyl (C=O) groups excluding carboxylic acids is 3. The first kappa shape index (κ1) is 32.4. The molecule has 6 nitrogen and oxygen atoms in total. The number of rotatable bonds is 12. The molecule has 2 atom stereocenters. The Labute approximate surface area is 272 Å². The molecule has 0 spiro atoms. The Balaban J connectivity index is 1.49. The number of ether oxygens (including phenoxy) is 1. The minimum atomic E-state index is -0.622. The molecule has 1 aliphatic carbocycles. The highest BCUT2D eigenvalue weighted by Crippen LogP contribution is 2.37. The summed E-state index contributed by atoms with van der Waals surface area (Å²) in [6.45, 7) is 3.77. The summed E-state index contributed by atoms with van der Waals surface area (Å²) in [5.41, 5.74) is 4.94. The molecule has 1 saturated carbocycles. The molecule has 236 valence electrons. The van der Waals surface area contributed by atoms with Crippen LogP contribution in [0.2, 0.25) is 0 Å². The number of allylic oxidation sites excluding steroid dienone is 1. The molecule has 5 rings (SSSR count). The Bertz CT molecular complexity index is 1510. The summed E-state index contributed by atoms with van der Waals surface area (Å²) in [5, 5.41) is 0. The van der Waals surface area contributed by atoms with Crippen LogP contribution < -0.4 is 0 Å². The molecule has 46 heavy (non-hydrogen) atoms. The molecule has 0 N–H and O–H groups in total. The van der Waals surface area contributed by atoms with Crippen LogP contribution in [-0.2, 0) is 45.3 Å². The lowest BCUT2D eigenvalue weighted by atomic mass is 9.75. The van der Waals surface area contributed by atoms with Gasteiger partial charge in [-0.15, -0.1) is 0 Å². The molecule has 0 bridgehead atoms. The zero-order valence-corrected chi connectivity index (χ0v) is 26.5. The summed E-state index contributed by atoms with van der Waals surface area (Å²) in [6.07, 6.45) is 2.89. The predicted octanol–water partition coefficient (Wildman–Crippen LogP) is 7.35. The highest BCUT2D eigenvalue weighted by Gasteiger charge is 2.41. The van der Waals surface area contributed by atoms with E-state index in [0.717, 1.165) is 27.8 Å². The minimum Gasteiger partial charge on any atom is -0.463 e. The molecule has 0 radical (unpaired) electrons. The molecule has 0 aromatic heterocycles. The maximum Gasteiger partial charge on any atom is 0.330 e. The van der Waals surface area contributed by atoms with E-state index in [-0.39, 0.29) is 18.4 Å². The van der Waals surface area contributed by atoms with Gasteiger partial charge in [-0.25, -0.2) is 4.79 Å². The van der Waals surface area contributed by atoms with Crippen molar-refractivity contribution in [3.8, 4) is 0 Å². The Morgan fingerprint density at radius 3 is 1.35 bits per heavy atom. The predicted molar refractivity (Wildman–Crippen MR) is 180 cm³/mol. The standard InChI is InChI=1S/C40H42N2O4/c1-2-46-38(43)26-35-23-24-36(39(44)41(27-31-15-7-3-8-16-31)28-32-17-9-4-10-18-32)37(25-35)40(45)42(29-33-19-11-5-12-20-33)30-34-21-13-6-14-22-34/h3-22,26,36-37H,2,23-25,27-30H2,1H3/t36-,37-/m0/s1. The normalized spacial score (nSPS) is 16.8. The van der Waals surface area contributed by atoms with Crippen LogP contribution in [0.3, 0.4) is 0 Å². The number of amides is 2. The van der Waals surface area contributed by atoms with Gasteiger partial charge in [0.05, 0.1) is 18.4 Å². The quantitative estimate of drug-likeness (QED) is 0.124. The van der Waals surface area contributed by atoms with E-state index < -0.39 is 17.8 Å². The molecule has 0 heterocycles. The molecule has 4 aromatic carbocycles. The topological polar surface area (TPSA) is 66.9 Å². The fraction of sp³-hybridized carbons (Fsp3) is 0.275. The third-order valence-corrected chi connectivity index (χ3v) is 8.48. The van der Waals surface area contributed by atoms with Gasteiger partial charge in [0.25, 0.3) is 0 Å². The van der Waals surface area contributed by atoms with Gasteiger partial charge < -0.3 is 14.5 Å². The second-order valence-corrected chi connectivity index (χ2v) is 11.8. The molecular formula is C40H42N2O4. The van der Waals surface area contributed by atoms with Gasteiger partial charge >= 0.3 is 5.97 Å². The maximum absolute atomic E-state index is 14.7. The smallest absolute Gasteiger partial charge is 0.330 e. The first-order valence-corrected chi connectivity index (χ1v) is 16.1. The van der Waals surface area contributed by atoms with E-state index in [1.54, 1.807) is 6.92 Å². The average molecular weight is 615 g/mol. The number of benzene rings is 4. The van der Waals surface area contributed by atoms with Crippen LogP contribution in [0, 0.1) is 11.8 Å². The fourth-order valence-corrected chi connectivity index (χ4v) is 6.21. The number of nitrogens with zero attached hydrogens (tertiary/aromatic N) is 2. The number of esters is 1. The zero-order chi connectivity index (χ0) is 32.1. The molecule has 4 aromatic rings. The van der Waals surface area contributed by atoms with E-state index in [2.05, 4.69) is 0 Å². The lowest BCUT2D eigenvalue weighted by Gasteiger charge is -2.38. The Hall–Kier alpha value is -4.97. The third-order valence-electron chi connectivity index (χ3n) is 8.48. The second-order valence-electron chi connectivity index (χ2n) is 11.8. The van der Waals surface area contributed by atoms with Crippen molar-refractivity contribution >= 4 is 17.8 Å². The van der Waals surface area contributed by atoms with Gasteiger partial charge in [0, 0.05) is 32.3 Å². The highest BCUT2D eigenvalue weighted by atomic mass is 16.5. The van der Waals surface area contributed by atoms with Crippen LogP contribution in [0.5, 0.6) is 0 Å². The van der Waals surface area contributed by atoms with Gasteiger partial charge in [-0.05, 0) is 48.4 Å². The second kappa shape index (κ2) is 16.4. The summed E-state index contributed by atoms with van der Waals surface area (Å²) >= 11 is 0. The summed E-state index contributed by atoms with van der Waals surface area (Å²) in [5.74, 6) is -1.69. The van der Waals surface area contributed by atoms with Crippen LogP contribution in [0.1, 0.15) is 48.4 Å². The highest BCUT2D eigenvalue weighted by molar-refractivity contribution is 5.89. The van der Waals surface area contributed by atoms with Crippen LogP contribution in [0.15, 0.2) is 133 Å². The number of hydrogen-bond donors (Lipinski definition) is 0. The van der Waals surface area contributed by atoms with Crippen molar-refractivity contribution in [1.29, 1.82) is 0 Å². The van der Waals surface area contributed by atoms with E-state index in [1.807, 2.05) is 131 Å². The number of hydrogen-bond acceptors (Lipinski definition) is 4. The molecule has 1 fully saturated rings. The average Bonchev–Trinajstić information content (AvgIpc) is 3.09. The Morgan fingerprint density at radius 2 is 0.978 bits per heavy atom. The van der Waals surface area contributed by atoms with E-state index >= 15 is 0 Å². The van der Waals surface area contributed by atoms with Crippen molar-refractivity contribution in [3.05, 3.63) is 155 Å². The van der Waals surface area contributed by atoms with Crippen molar-refractivity contribution in [1.82, 2.24) is 9.80 Å². The first-order valence-electron chi connectivity index (χ1n) is 16.1. The van der Waals surface area contributed by atoms with Crippen LogP contribution in [-0.4, -0.2) is 34.2 Å². The van der Waals surface area contributed by atoms with E-state index in [1.165, 1.54) is 6.08 Å². The van der Waals surface area contributed by atoms with Gasteiger partial charge in [-0.1, -0.05) is 127 Å². The van der Waals surface area contributed by atoms with Crippen molar-refractivity contribution < 1.29 is 19.1 Å². The van der Waals surface area contributed by atoms with E-state index in [0.29, 0.717) is 45.4 Å². The molecule has 6 heteroatoms. The van der Waals surface area contributed by atoms with Gasteiger partial charge in [0.1, 0.15) is 0 Å². The zero-order valence-electron chi connectivity index (χ0n) is 26.5. The summed E-state index contributed by atoms with van der Waals surface area (Å²) in [4.78, 5) is 45.6. The summed E-state index contributed by atoms with van der Waals surface area (Å²) < 4.78 is 5.21. The largest absolute Gasteiger partial charge is 0.463 e. The van der Waals surface area contributed by atoms with Crippen LogP contribution in [0.25, 0.3) is 0 Å². The molecule has 0 aliphatic heterocycles. The van der Waals surface area contributed by atoms with Crippen LogP contribution >= 0.6 is 0 Å². The molecular weight excluding hydrogens is 572 g/mol. The third kappa shape index (κ3) is 9.04.